The molecule has 0 fully saturated rings. The molecule has 0 aromatic heterocycles. The lowest BCUT2D eigenvalue weighted by Crippen LogP contribution is -2.42. The van der Waals surface area contributed by atoms with Crippen molar-refractivity contribution in [1.82, 2.24) is 10.2 Å². The molecule has 0 saturated heterocycles. The fourth-order valence-electron chi connectivity index (χ4n) is 4.24. The first-order valence-corrected chi connectivity index (χ1v) is 12.4. The Morgan fingerprint density at radius 2 is 1.73 bits per heavy atom. The van der Waals surface area contributed by atoms with Gasteiger partial charge in [-0.05, 0) is 41.3 Å². The van der Waals surface area contributed by atoms with Crippen molar-refractivity contribution in [2.75, 3.05) is 13.1 Å². The number of carbonyl (C=O) groups is 2. The summed E-state index contributed by atoms with van der Waals surface area (Å²) in [6, 6.07) is 14.6. The number of carboxylic acid groups (broad SMARTS) is 1. The summed E-state index contributed by atoms with van der Waals surface area (Å²) in [7, 11) is 0. The third-order valence-corrected chi connectivity index (χ3v) is 6.89. The highest BCUT2D eigenvalue weighted by atomic mass is 35.5. The van der Waals surface area contributed by atoms with E-state index in [4.69, 9.17) is 23.2 Å². The van der Waals surface area contributed by atoms with Crippen molar-refractivity contribution in [1.29, 1.82) is 0 Å². The van der Waals surface area contributed by atoms with E-state index in [9.17, 15) is 23.5 Å². The van der Waals surface area contributed by atoms with Crippen LogP contribution in [0.4, 0.5) is 8.78 Å². The van der Waals surface area contributed by atoms with Gasteiger partial charge >= 0.3 is 5.97 Å². The standard InChI is InChI=1S/C28H24Cl2F2N2O3/c29-22-2-1-3-23(30)26(22)27(35)33-25(28(36)37)14-17-4-6-18(7-5-17)19-10-12-34(13-11-19)16-20-8-9-21(31)15-24(20)32/h1-10,15,25H,11-14,16H2,(H,33,35)(H,36,37)/t25-/m0/s1. The monoisotopic (exact) mass is 544 g/mol. The number of carbonyl (C=O) groups excluding carboxylic acids is 1. The molecular formula is C28H24Cl2F2N2O3. The highest BCUT2D eigenvalue weighted by molar-refractivity contribution is 6.39. The van der Waals surface area contributed by atoms with Gasteiger partial charge in [0.1, 0.15) is 17.7 Å². The quantitative estimate of drug-likeness (QED) is 0.365. The van der Waals surface area contributed by atoms with E-state index in [-0.39, 0.29) is 22.0 Å². The van der Waals surface area contributed by atoms with Gasteiger partial charge in [0.2, 0.25) is 0 Å². The maximum Gasteiger partial charge on any atom is 0.326 e. The minimum Gasteiger partial charge on any atom is -0.480 e. The van der Waals surface area contributed by atoms with Crippen LogP contribution >= 0.6 is 23.2 Å². The molecule has 1 amide bonds. The predicted molar refractivity (Wildman–Crippen MR) is 140 cm³/mol. The Bertz CT molecular complexity index is 1330. The topological polar surface area (TPSA) is 69.6 Å². The summed E-state index contributed by atoms with van der Waals surface area (Å²) in [6.07, 6.45) is 2.92. The molecule has 37 heavy (non-hydrogen) atoms. The van der Waals surface area contributed by atoms with Crippen LogP contribution in [-0.4, -0.2) is 41.0 Å². The van der Waals surface area contributed by atoms with Crippen LogP contribution in [0.5, 0.6) is 0 Å². The van der Waals surface area contributed by atoms with Crippen molar-refractivity contribution in [3.8, 4) is 0 Å². The van der Waals surface area contributed by atoms with Crippen molar-refractivity contribution < 1.29 is 23.5 Å². The molecule has 0 aliphatic carbocycles. The fourth-order valence-corrected chi connectivity index (χ4v) is 4.81. The zero-order valence-corrected chi connectivity index (χ0v) is 21.2. The van der Waals surface area contributed by atoms with Crippen molar-refractivity contribution in [2.24, 2.45) is 0 Å². The number of amides is 1. The summed E-state index contributed by atoms with van der Waals surface area (Å²) in [4.78, 5) is 26.5. The first kappa shape index (κ1) is 26.8. The summed E-state index contributed by atoms with van der Waals surface area (Å²) in [6.45, 7) is 1.75. The number of hydrogen-bond acceptors (Lipinski definition) is 3. The van der Waals surface area contributed by atoms with Gasteiger partial charge in [-0.2, -0.15) is 0 Å². The second-order valence-corrected chi connectivity index (χ2v) is 9.63. The van der Waals surface area contributed by atoms with Gasteiger partial charge in [0.25, 0.3) is 5.91 Å². The molecule has 3 aromatic carbocycles. The molecule has 1 aliphatic heterocycles. The van der Waals surface area contributed by atoms with Crippen LogP contribution in [0.25, 0.3) is 5.57 Å². The smallest absolute Gasteiger partial charge is 0.326 e. The number of halogens is 4. The second kappa shape index (κ2) is 11.9. The number of benzene rings is 3. The van der Waals surface area contributed by atoms with Crippen LogP contribution in [0.3, 0.4) is 0 Å². The Morgan fingerprint density at radius 1 is 1.03 bits per heavy atom. The Balaban J connectivity index is 1.38. The van der Waals surface area contributed by atoms with Gasteiger partial charge in [-0.25, -0.2) is 13.6 Å². The van der Waals surface area contributed by atoms with Gasteiger partial charge in [0.05, 0.1) is 15.6 Å². The van der Waals surface area contributed by atoms with Gasteiger partial charge in [-0.15, -0.1) is 0 Å². The van der Waals surface area contributed by atoms with Crippen molar-refractivity contribution in [3.63, 3.8) is 0 Å². The first-order valence-electron chi connectivity index (χ1n) is 11.6. The summed E-state index contributed by atoms with van der Waals surface area (Å²) in [5, 5.41) is 12.4. The molecule has 4 rings (SSSR count). The zero-order chi connectivity index (χ0) is 26.5. The van der Waals surface area contributed by atoms with Gasteiger partial charge in [-0.1, -0.05) is 65.7 Å². The molecular weight excluding hydrogens is 521 g/mol. The molecule has 1 atom stereocenters. The van der Waals surface area contributed by atoms with Gasteiger partial charge in [0.15, 0.2) is 0 Å². The number of rotatable bonds is 8. The number of carboxylic acids is 1. The minimum atomic E-state index is -1.17. The maximum absolute atomic E-state index is 14.0. The first-order chi connectivity index (χ1) is 17.7. The Labute approximate surface area is 223 Å². The molecule has 0 unspecified atom stereocenters. The highest BCUT2D eigenvalue weighted by Gasteiger charge is 2.24. The van der Waals surface area contributed by atoms with E-state index < -0.39 is 29.6 Å². The number of nitrogens with one attached hydrogen (secondary N) is 1. The number of hydrogen-bond donors (Lipinski definition) is 2. The molecule has 0 radical (unpaired) electrons. The molecule has 9 heteroatoms. The van der Waals surface area contributed by atoms with Gasteiger partial charge in [-0.3, -0.25) is 9.69 Å². The fraction of sp³-hybridized carbons (Fsp3) is 0.214. The van der Waals surface area contributed by atoms with Crippen molar-refractivity contribution in [3.05, 3.63) is 111 Å². The summed E-state index contributed by atoms with van der Waals surface area (Å²) in [5.41, 5.74) is 3.38. The lowest BCUT2D eigenvalue weighted by atomic mass is 9.96. The number of nitrogens with zero attached hydrogens (tertiary/aromatic N) is 1. The van der Waals surface area contributed by atoms with E-state index in [0.29, 0.717) is 18.7 Å². The number of aliphatic carboxylic acids is 1. The lowest BCUT2D eigenvalue weighted by molar-refractivity contribution is -0.139. The SMILES string of the molecule is O=C(N[C@@H](Cc1ccc(C2=CCN(Cc3ccc(F)cc3F)CC2)cc1)C(=O)O)c1c(Cl)cccc1Cl. The normalized spacial score (nSPS) is 14.6. The molecule has 5 nitrogen and oxygen atoms in total. The van der Waals surface area contributed by atoms with E-state index in [1.807, 2.05) is 24.3 Å². The van der Waals surface area contributed by atoms with Crippen LogP contribution in [0.2, 0.25) is 10.0 Å². The van der Waals surface area contributed by atoms with Crippen LogP contribution < -0.4 is 5.32 Å². The average Bonchev–Trinajstić information content (AvgIpc) is 2.86. The molecule has 3 aromatic rings. The van der Waals surface area contributed by atoms with E-state index >= 15 is 0 Å². The summed E-state index contributed by atoms with van der Waals surface area (Å²) in [5.74, 6) is -2.96. The van der Waals surface area contributed by atoms with Crippen molar-refractivity contribution in [2.45, 2.75) is 25.4 Å². The highest BCUT2D eigenvalue weighted by Crippen LogP contribution is 2.26. The van der Waals surface area contributed by atoms with Crippen LogP contribution in [0.15, 0.2) is 66.7 Å². The van der Waals surface area contributed by atoms with Crippen LogP contribution in [0.1, 0.15) is 33.5 Å². The van der Waals surface area contributed by atoms with E-state index in [1.54, 1.807) is 6.07 Å². The van der Waals surface area contributed by atoms with Crippen molar-refractivity contribution >= 4 is 40.7 Å². The Morgan fingerprint density at radius 3 is 2.32 bits per heavy atom. The van der Waals surface area contributed by atoms with E-state index in [2.05, 4.69) is 16.3 Å². The summed E-state index contributed by atoms with van der Waals surface area (Å²) >= 11 is 12.1. The molecule has 0 spiro atoms. The molecule has 0 saturated carbocycles. The third-order valence-electron chi connectivity index (χ3n) is 6.26. The van der Waals surface area contributed by atoms with Gasteiger partial charge in [0, 0.05) is 37.7 Å². The Hall–Kier alpha value is -3.26. The van der Waals surface area contributed by atoms with E-state index in [0.717, 1.165) is 35.7 Å². The largest absolute Gasteiger partial charge is 0.480 e. The predicted octanol–water partition coefficient (Wildman–Crippen LogP) is 5.99. The summed E-state index contributed by atoms with van der Waals surface area (Å²) < 4.78 is 27.1. The Kier molecular flexibility index (Phi) is 8.59. The molecule has 192 valence electrons. The van der Waals surface area contributed by atoms with Gasteiger partial charge < -0.3 is 10.4 Å². The molecule has 1 heterocycles. The second-order valence-electron chi connectivity index (χ2n) is 8.81. The molecule has 2 N–H and O–H groups in total. The van der Waals surface area contributed by atoms with Crippen LogP contribution in [-0.2, 0) is 17.8 Å². The third kappa shape index (κ3) is 6.74. The minimum absolute atomic E-state index is 0.0351. The average molecular weight is 545 g/mol. The molecule has 1 aliphatic rings. The molecule has 0 bridgehead atoms. The van der Waals surface area contributed by atoms with E-state index in [1.165, 1.54) is 24.3 Å². The maximum atomic E-state index is 14.0. The zero-order valence-electron chi connectivity index (χ0n) is 19.7. The van der Waals surface area contributed by atoms with Crippen LogP contribution in [0, 0.1) is 11.6 Å². The lowest BCUT2D eigenvalue weighted by Gasteiger charge is -2.26.